The number of benzene rings is 2. The van der Waals surface area contributed by atoms with Crippen molar-refractivity contribution in [2.24, 2.45) is 0 Å². The Bertz CT molecular complexity index is 1200. The lowest BCUT2D eigenvalue weighted by atomic mass is 9.81. The van der Waals surface area contributed by atoms with Crippen LogP contribution in [-0.2, 0) is 4.74 Å². The number of phenolic OH excluding ortho intramolecular Hbond substituents is 2. The Morgan fingerprint density at radius 3 is 2.09 bits per heavy atom. The van der Waals surface area contributed by atoms with E-state index in [2.05, 4.69) is 0 Å². The maximum atomic E-state index is 13.4. The van der Waals surface area contributed by atoms with E-state index in [1.165, 1.54) is 20.1 Å². The van der Waals surface area contributed by atoms with Crippen molar-refractivity contribution in [2.75, 3.05) is 20.8 Å². The van der Waals surface area contributed by atoms with Crippen LogP contribution in [-0.4, -0.2) is 93.7 Å². The summed E-state index contributed by atoms with van der Waals surface area (Å²) in [6, 6.07) is 2.42. The molecule has 4 rings (SSSR count). The highest BCUT2D eigenvalue weighted by Gasteiger charge is 2.46. The second kappa shape index (κ2) is 8.98. The summed E-state index contributed by atoms with van der Waals surface area (Å²) in [7, 11) is 2.38. The summed E-state index contributed by atoms with van der Waals surface area (Å²) in [5.41, 5.74) is -0.693. The number of ether oxygens (including phenoxy) is 4. The third-order valence-electron chi connectivity index (χ3n) is 6.11. The van der Waals surface area contributed by atoms with E-state index >= 15 is 0 Å². The molecule has 0 saturated carbocycles. The molecule has 5 atom stereocenters. The van der Waals surface area contributed by atoms with Gasteiger partial charge < -0.3 is 49.6 Å². The van der Waals surface area contributed by atoms with Crippen LogP contribution in [0.1, 0.15) is 37.4 Å². The molecule has 1 aliphatic carbocycles. The average Bonchev–Trinajstić information content (AvgIpc) is 2.83. The van der Waals surface area contributed by atoms with Crippen LogP contribution in [0.25, 0.3) is 0 Å². The summed E-state index contributed by atoms with van der Waals surface area (Å²) in [5.74, 6) is -3.50. The number of fused-ring (bicyclic) bond motifs is 2. The Morgan fingerprint density at radius 2 is 1.49 bits per heavy atom. The Hall–Kier alpha value is -3.42. The molecule has 188 valence electrons. The Morgan fingerprint density at radius 1 is 0.857 bits per heavy atom. The van der Waals surface area contributed by atoms with E-state index in [4.69, 9.17) is 18.9 Å². The molecule has 12 nitrogen and oxygen atoms in total. The number of hydrogen-bond donors (Lipinski definition) is 6. The third-order valence-corrected chi connectivity index (χ3v) is 6.11. The topological polar surface area (TPSA) is 192 Å². The number of phenols is 2. The standard InChI is InChI=1S/C23H24O12/c1-7-4-8-13(22(33-3)14(7)25)17(28)12-9(15(8)26)5-10(21(32-2)18(12)29)34-23-20(31)19(30)16(27)11(6-24)35-23/h4-5,11,16,19-20,23-25,27,29-31H,6H2,1-3H3/t11-,16-,19+,20-,23-/m1/s1. The third kappa shape index (κ3) is 3.66. The lowest BCUT2D eigenvalue weighted by Gasteiger charge is -2.39. The van der Waals surface area contributed by atoms with Crippen molar-refractivity contribution >= 4 is 11.6 Å². The minimum atomic E-state index is -1.77. The van der Waals surface area contributed by atoms with Crippen molar-refractivity contribution in [3.8, 4) is 28.7 Å². The quantitative estimate of drug-likeness (QED) is 0.265. The van der Waals surface area contributed by atoms with Gasteiger partial charge in [0.15, 0.2) is 28.8 Å². The molecule has 1 aliphatic heterocycles. The molecule has 6 N–H and O–H groups in total. The fraction of sp³-hybridized carbons (Fsp3) is 0.391. The molecule has 1 fully saturated rings. The summed E-state index contributed by atoms with van der Waals surface area (Å²) < 4.78 is 21.2. The molecular formula is C23H24O12. The van der Waals surface area contributed by atoms with E-state index in [-0.39, 0.29) is 45.3 Å². The van der Waals surface area contributed by atoms with Gasteiger partial charge in [-0.3, -0.25) is 9.59 Å². The van der Waals surface area contributed by atoms with E-state index in [0.29, 0.717) is 0 Å². The summed E-state index contributed by atoms with van der Waals surface area (Å²) in [6.45, 7) is 0.819. The van der Waals surface area contributed by atoms with Crippen molar-refractivity contribution in [1.82, 2.24) is 0 Å². The second-order valence-electron chi connectivity index (χ2n) is 8.15. The van der Waals surface area contributed by atoms with Crippen molar-refractivity contribution < 1.29 is 59.2 Å². The van der Waals surface area contributed by atoms with Gasteiger partial charge in [0.1, 0.15) is 24.4 Å². The van der Waals surface area contributed by atoms with Gasteiger partial charge in [-0.15, -0.1) is 0 Å². The van der Waals surface area contributed by atoms with E-state index in [0.717, 1.165) is 13.2 Å². The Labute approximate surface area is 198 Å². The van der Waals surface area contributed by atoms with Gasteiger partial charge in [-0.25, -0.2) is 0 Å². The molecule has 2 aromatic rings. The molecule has 0 radical (unpaired) electrons. The predicted octanol–water partition coefficient (Wildman–Crippen LogP) is -0.622. The monoisotopic (exact) mass is 492 g/mol. The van der Waals surface area contributed by atoms with E-state index in [1.807, 2.05) is 0 Å². The molecule has 1 heterocycles. The fourth-order valence-electron chi connectivity index (χ4n) is 4.26. The number of ketones is 2. The number of aromatic hydroxyl groups is 2. The smallest absolute Gasteiger partial charge is 0.229 e. The van der Waals surface area contributed by atoms with Crippen molar-refractivity contribution in [3.05, 3.63) is 39.9 Å². The highest BCUT2D eigenvalue weighted by molar-refractivity contribution is 6.31. The van der Waals surface area contributed by atoms with Gasteiger partial charge in [-0.05, 0) is 24.6 Å². The minimum absolute atomic E-state index is 0.0713. The van der Waals surface area contributed by atoms with Gasteiger partial charge in [0.25, 0.3) is 0 Å². The minimum Gasteiger partial charge on any atom is -0.504 e. The van der Waals surface area contributed by atoms with Crippen LogP contribution in [0.2, 0.25) is 0 Å². The van der Waals surface area contributed by atoms with Gasteiger partial charge in [-0.2, -0.15) is 0 Å². The Balaban J connectivity index is 1.83. The number of methoxy groups -OCH3 is 2. The molecule has 0 bridgehead atoms. The molecule has 2 aliphatic rings. The Kier molecular flexibility index (Phi) is 6.34. The van der Waals surface area contributed by atoms with Crippen LogP contribution in [0.15, 0.2) is 12.1 Å². The van der Waals surface area contributed by atoms with E-state index in [9.17, 15) is 40.2 Å². The van der Waals surface area contributed by atoms with Crippen LogP contribution in [0.3, 0.4) is 0 Å². The first-order valence-corrected chi connectivity index (χ1v) is 10.5. The zero-order chi connectivity index (χ0) is 25.8. The van der Waals surface area contributed by atoms with Gasteiger partial charge in [0.2, 0.25) is 17.8 Å². The number of carbonyl (C=O) groups excluding carboxylic acids is 2. The largest absolute Gasteiger partial charge is 0.504 e. The van der Waals surface area contributed by atoms with Crippen molar-refractivity contribution in [2.45, 2.75) is 37.6 Å². The van der Waals surface area contributed by atoms with Crippen LogP contribution in [0.5, 0.6) is 28.7 Å². The number of carbonyl (C=O) groups is 2. The number of rotatable bonds is 5. The number of aliphatic hydroxyl groups excluding tert-OH is 4. The van der Waals surface area contributed by atoms with Crippen LogP contribution in [0.4, 0.5) is 0 Å². The van der Waals surface area contributed by atoms with Crippen LogP contribution in [0, 0.1) is 6.92 Å². The molecule has 2 aromatic carbocycles. The SMILES string of the molecule is COc1c(O[C@@H]2O[C@H](CO)[C@@H](O)[C@H](O)[C@H]2O)cc2c(c1O)C(=O)c1c(cc(C)c(O)c1OC)C2=O. The molecule has 0 unspecified atom stereocenters. The lowest BCUT2D eigenvalue weighted by Crippen LogP contribution is -2.60. The van der Waals surface area contributed by atoms with Crippen molar-refractivity contribution in [1.29, 1.82) is 0 Å². The zero-order valence-corrected chi connectivity index (χ0v) is 18.9. The summed E-state index contributed by atoms with van der Waals surface area (Å²) in [5, 5.41) is 60.9. The summed E-state index contributed by atoms with van der Waals surface area (Å²) in [4.78, 5) is 26.7. The maximum absolute atomic E-state index is 13.4. The normalized spacial score (nSPS) is 25.6. The highest BCUT2D eigenvalue weighted by atomic mass is 16.7. The number of hydrogen-bond acceptors (Lipinski definition) is 12. The van der Waals surface area contributed by atoms with E-state index in [1.54, 1.807) is 0 Å². The molecule has 0 spiro atoms. The molecule has 35 heavy (non-hydrogen) atoms. The van der Waals surface area contributed by atoms with Crippen LogP contribution >= 0.6 is 0 Å². The fourth-order valence-corrected chi connectivity index (χ4v) is 4.26. The average molecular weight is 492 g/mol. The van der Waals surface area contributed by atoms with Gasteiger partial charge >= 0.3 is 0 Å². The number of aliphatic hydroxyl groups is 4. The predicted molar refractivity (Wildman–Crippen MR) is 115 cm³/mol. The molecule has 1 saturated heterocycles. The highest BCUT2D eigenvalue weighted by Crippen LogP contribution is 2.48. The van der Waals surface area contributed by atoms with Gasteiger partial charge in [-0.1, -0.05) is 0 Å². The molecule has 0 amide bonds. The molecule has 0 aromatic heterocycles. The summed E-state index contributed by atoms with van der Waals surface area (Å²) >= 11 is 0. The second-order valence-corrected chi connectivity index (χ2v) is 8.15. The van der Waals surface area contributed by atoms with Gasteiger partial charge in [0, 0.05) is 11.1 Å². The first-order chi connectivity index (χ1) is 16.6. The lowest BCUT2D eigenvalue weighted by molar-refractivity contribution is -0.277. The molecule has 12 heteroatoms. The van der Waals surface area contributed by atoms with Crippen molar-refractivity contribution in [3.63, 3.8) is 0 Å². The zero-order valence-electron chi connectivity index (χ0n) is 18.9. The van der Waals surface area contributed by atoms with Gasteiger partial charge in [0.05, 0.1) is 32.0 Å². The van der Waals surface area contributed by atoms with Crippen LogP contribution < -0.4 is 14.2 Å². The maximum Gasteiger partial charge on any atom is 0.229 e. The summed E-state index contributed by atoms with van der Waals surface area (Å²) in [6.07, 6.45) is -8.05. The molecular weight excluding hydrogens is 468 g/mol. The first kappa shape index (κ1) is 24.7. The number of aryl methyl sites for hydroxylation is 1. The first-order valence-electron chi connectivity index (χ1n) is 10.5. The van der Waals surface area contributed by atoms with E-state index < -0.39 is 60.2 Å².